The molecule has 19 heavy (non-hydrogen) atoms. The van der Waals surface area contributed by atoms with E-state index < -0.39 is 0 Å². The summed E-state index contributed by atoms with van der Waals surface area (Å²) in [6, 6.07) is 10.7. The number of rotatable bonds is 2. The molecule has 3 rings (SSSR count). The highest BCUT2D eigenvalue weighted by Gasteiger charge is 2.05. The number of pyridine rings is 1. The first-order chi connectivity index (χ1) is 9.24. The molecule has 3 aromatic rings. The highest BCUT2D eigenvalue weighted by Crippen LogP contribution is 2.14. The van der Waals surface area contributed by atoms with Crippen molar-refractivity contribution < 1.29 is 0 Å². The fourth-order valence-corrected chi connectivity index (χ4v) is 2.08. The molecule has 0 aliphatic heterocycles. The van der Waals surface area contributed by atoms with Gasteiger partial charge in [-0.15, -0.1) is 0 Å². The van der Waals surface area contributed by atoms with Crippen LogP contribution in [0.1, 0.15) is 5.69 Å². The van der Waals surface area contributed by atoms with Crippen LogP contribution in [0.5, 0.6) is 0 Å². The van der Waals surface area contributed by atoms with Gasteiger partial charge in [0.05, 0.1) is 29.5 Å². The van der Waals surface area contributed by atoms with Gasteiger partial charge in [0.2, 0.25) is 0 Å². The number of hydrogen-bond donors (Lipinski definition) is 0. The van der Waals surface area contributed by atoms with Gasteiger partial charge in [-0.05, 0) is 30.3 Å². The Hall–Kier alpha value is -2.20. The maximum Gasteiger partial charge on any atom is 0.261 e. The molecule has 0 spiro atoms. The molecule has 0 atom stereocenters. The van der Waals surface area contributed by atoms with Gasteiger partial charge in [-0.1, -0.05) is 17.7 Å². The molecule has 2 heterocycles. The number of aromatic nitrogens is 3. The maximum atomic E-state index is 12.3. The van der Waals surface area contributed by atoms with Crippen LogP contribution in [-0.4, -0.2) is 14.5 Å². The zero-order valence-corrected chi connectivity index (χ0v) is 10.7. The van der Waals surface area contributed by atoms with E-state index in [4.69, 9.17) is 11.6 Å². The predicted octanol–water partition coefficient (Wildman–Crippen LogP) is 2.49. The number of halogens is 1. The predicted molar refractivity (Wildman–Crippen MR) is 74.4 cm³/mol. The highest BCUT2D eigenvalue weighted by atomic mass is 35.5. The van der Waals surface area contributed by atoms with Crippen LogP contribution < -0.4 is 5.56 Å². The fourth-order valence-electron chi connectivity index (χ4n) is 1.91. The second-order valence-corrected chi connectivity index (χ2v) is 4.60. The third-order valence-corrected chi connectivity index (χ3v) is 3.08. The van der Waals surface area contributed by atoms with Crippen LogP contribution in [0.15, 0.2) is 53.7 Å². The van der Waals surface area contributed by atoms with E-state index in [2.05, 4.69) is 9.97 Å². The fraction of sp³-hybridized carbons (Fsp3) is 0.0714. The second kappa shape index (κ2) is 4.82. The molecule has 5 heteroatoms. The van der Waals surface area contributed by atoms with Crippen molar-refractivity contribution in [2.45, 2.75) is 6.54 Å². The first kappa shape index (κ1) is 11.9. The van der Waals surface area contributed by atoms with Gasteiger partial charge in [-0.25, -0.2) is 4.98 Å². The molecule has 0 N–H and O–H groups in total. The lowest BCUT2D eigenvalue weighted by molar-refractivity contribution is 0.730. The molecule has 4 nitrogen and oxygen atoms in total. The van der Waals surface area contributed by atoms with Crippen molar-refractivity contribution in [1.29, 1.82) is 0 Å². The maximum absolute atomic E-state index is 12.3. The lowest BCUT2D eigenvalue weighted by atomic mass is 10.2. The lowest BCUT2D eigenvalue weighted by Crippen LogP contribution is -2.21. The third-order valence-electron chi connectivity index (χ3n) is 2.84. The van der Waals surface area contributed by atoms with E-state index in [1.54, 1.807) is 24.4 Å². The van der Waals surface area contributed by atoms with Gasteiger partial charge in [0.25, 0.3) is 5.56 Å². The minimum atomic E-state index is -0.113. The van der Waals surface area contributed by atoms with E-state index in [0.717, 1.165) is 5.69 Å². The third kappa shape index (κ3) is 2.35. The summed E-state index contributed by atoms with van der Waals surface area (Å²) in [6.45, 7) is 0.398. The molecular formula is C14H10ClN3O. The quantitative estimate of drug-likeness (QED) is 0.719. The first-order valence-corrected chi connectivity index (χ1v) is 6.16. The SMILES string of the molecule is O=c1c2cc(Cl)ccc2ncn1Cc1ccccn1. The molecule has 0 amide bonds. The van der Waals surface area contributed by atoms with Crippen molar-refractivity contribution in [3.05, 3.63) is 70.0 Å². The number of nitrogens with zero attached hydrogens (tertiary/aromatic N) is 3. The van der Waals surface area contributed by atoms with Gasteiger partial charge in [-0.3, -0.25) is 14.3 Å². The summed E-state index contributed by atoms with van der Waals surface area (Å²) in [4.78, 5) is 20.8. The van der Waals surface area contributed by atoms with Crippen molar-refractivity contribution in [3.63, 3.8) is 0 Å². The van der Waals surface area contributed by atoms with Crippen molar-refractivity contribution in [1.82, 2.24) is 14.5 Å². The zero-order chi connectivity index (χ0) is 13.2. The smallest absolute Gasteiger partial charge is 0.261 e. The molecule has 0 unspecified atom stereocenters. The van der Waals surface area contributed by atoms with Crippen molar-refractivity contribution in [2.75, 3.05) is 0 Å². The largest absolute Gasteiger partial charge is 0.293 e. The minimum Gasteiger partial charge on any atom is -0.293 e. The first-order valence-electron chi connectivity index (χ1n) is 5.79. The summed E-state index contributed by atoms with van der Waals surface area (Å²) in [5.41, 5.74) is 1.35. The topological polar surface area (TPSA) is 47.8 Å². The van der Waals surface area contributed by atoms with Gasteiger partial charge >= 0.3 is 0 Å². The van der Waals surface area contributed by atoms with Crippen molar-refractivity contribution in [2.24, 2.45) is 0 Å². The molecule has 0 saturated heterocycles. The van der Waals surface area contributed by atoms with Crippen molar-refractivity contribution >= 4 is 22.5 Å². The average Bonchev–Trinajstić information content (AvgIpc) is 2.44. The van der Waals surface area contributed by atoms with Crippen LogP contribution in [-0.2, 0) is 6.54 Å². The highest BCUT2D eigenvalue weighted by molar-refractivity contribution is 6.31. The summed E-state index contributed by atoms with van der Waals surface area (Å²) >= 11 is 5.91. The van der Waals surface area contributed by atoms with Crippen LogP contribution >= 0.6 is 11.6 Å². The Morgan fingerprint density at radius 1 is 1.16 bits per heavy atom. The van der Waals surface area contributed by atoms with Crippen LogP contribution in [0.2, 0.25) is 5.02 Å². The van der Waals surface area contributed by atoms with E-state index >= 15 is 0 Å². The van der Waals surface area contributed by atoms with E-state index in [9.17, 15) is 4.79 Å². The Morgan fingerprint density at radius 3 is 2.84 bits per heavy atom. The zero-order valence-electron chi connectivity index (χ0n) is 9.95. The van der Waals surface area contributed by atoms with Crippen molar-refractivity contribution in [3.8, 4) is 0 Å². The van der Waals surface area contributed by atoms with E-state index in [1.807, 2.05) is 18.2 Å². The Bertz CT molecular complexity index is 784. The minimum absolute atomic E-state index is 0.113. The monoisotopic (exact) mass is 271 g/mol. The molecule has 0 saturated carbocycles. The van der Waals surface area contributed by atoms with Crippen LogP contribution in [0, 0.1) is 0 Å². The molecule has 1 aromatic carbocycles. The average molecular weight is 272 g/mol. The van der Waals surface area contributed by atoms with Crippen LogP contribution in [0.4, 0.5) is 0 Å². The number of hydrogen-bond acceptors (Lipinski definition) is 3. The Balaban J connectivity index is 2.10. The van der Waals surface area contributed by atoms with Gasteiger partial charge in [0.15, 0.2) is 0 Å². The number of fused-ring (bicyclic) bond motifs is 1. The van der Waals surface area contributed by atoms with E-state index in [-0.39, 0.29) is 5.56 Å². The summed E-state index contributed by atoms with van der Waals surface area (Å²) in [7, 11) is 0. The van der Waals surface area contributed by atoms with E-state index in [0.29, 0.717) is 22.5 Å². The molecule has 94 valence electrons. The van der Waals surface area contributed by atoms with Gasteiger partial charge < -0.3 is 0 Å². The van der Waals surface area contributed by atoms with Crippen LogP contribution in [0.25, 0.3) is 10.9 Å². The van der Waals surface area contributed by atoms with Gasteiger partial charge in [0, 0.05) is 11.2 Å². The Morgan fingerprint density at radius 2 is 2.05 bits per heavy atom. The molecule has 0 aliphatic carbocycles. The van der Waals surface area contributed by atoms with Crippen LogP contribution in [0.3, 0.4) is 0 Å². The normalized spacial score (nSPS) is 10.8. The Kier molecular flexibility index (Phi) is 3.01. The molecule has 0 bridgehead atoms. The summed E-state index contributed by atoms with van der Waals surface area (Å²) in [6.07, 6.45) is 3.24. The van der Waals surface area contributed by atoms with Gasteiger partial charge in [-0.2, -0.15) is 0 Å². The summed E-state index contributed by atoms with van der Waals surface area (Å²) in [5.74, 6) is 0. The summed E-state index contributed by atoms with van der Waals surface area (Å²) in [5, 5.41) is 1.05. The standard InChI is InChI=1S/C14H10ClN3O/c15-10-4-5-13-12(7-10)14(19)18(9-17-13)8-11-3-1-2-6-16-11/h1-7,9H,8H2. The van der Waals surface area contributed by atoms with E-state index in [1.165, 1.54) is 10.9 Å². The van der Waals surface area contributed by atoms with Gasteiger partial charge in [0.1, 0.15) is 0 Å². The molecule has 0 aliphatic rings. The molecule has 2 aromatic heterocycles. The summed E-state index contributed by atoms with van der Waals surface area (Å²) < 4.78 is 1.53. The molecule has 0 fully saturated rings. The lowest BCUT2D eigenvalue weighted by Gasteiger charge is -2.06. The molecular weight excluding hydrogens is 262 g/mol. The number of benzene rings is 1. The molecule has 0 radical (unpaired) electrons. The Labute approximate surface area is 114 Å². The second-order valence-electron chi connectivity index (χ2n) is 4.16.